The highest BCUT2D eigenvalue weighted by Crippen LogP contribution is 2.37. The van der Waals surface area contributed by atoms with Crippen molar-refractivity contribution in [3.05, 3.63) is 59.7 Å². The molecule has 0 radical (unpaired) electrons. The maximum absolute atomic E-state index is 13.6. The minimum Gasteiger partial charge on any atom is -0.489 e. The second-order valence-corrected chi connectivity index (χ2v) is 10.1. The number of carbonyl (C=O) groups is 1. The Morgan fingerprint density at radius 3 is 2.24 bits per heavy atom. The first kappa shape index (κ1) is 24.7. The van der Waals surface area contributed by atoms with Crippen LogP contribution in [-0.4, -0.2) is 48.1 Å². The number of halogens is 2. The highest BCUT2D eigenvalue weighted by Gasteiger charge is 2.51. The van der Waals surface area contributed by atoms with Crippen LogP contribution in [0.3, 0.4) is 0 Å². The van der Waals surface area contributed by atoms with Crippen molar-refractivity contribution in [2.45, 2.75) is 70.7 Å². The molecule has 4 rings (SSSR count). The van der Waals surface area contributed by atoms with Crippen LogP contribution >= 0.6 is 0 Å². The number of likely N-dealkylation sites (tertiary alicyclic amines) is 1. The molecule has 0 spiro atoms. The van der Waals surface area contributed by atoms with E-state index in [0.29, 0.717) is 17.9 Å². The van der Waals surface area contributed by atoms with E-state index < -0.39 is 24.2 Å². The molecule has 2 fully saturated rings. The van der Waals surface area contributed by atoms with Crippen molar-refractivity contribution < 1.29 is 27.6 Å². The Bertz CT molecular complexity index is 1000. The Balaban J connectivity index is 1.55. The van der Waals surface area contributed by atoms with E-state index in [-0.39, 0.29) is 38.3 Å². The average molecular weight is 471 g/mol. The number of hydrogen-bond donors (Lipinski definition) is 0. The maximum Gasteiger partial charge on any atom is 0.494 e. The molecule has 34 heavy (non-hydrogen) atoms. The second-order valence-electron chi connectivity index (χ2n) is 10.1. The first-order valence-corrected chi connectivity index (χ1v) is 11.8. The number of piperidine rings is 1. The van der Waals surface area contributed by atoms with Gasteiger partial charge >= 0.3 is 7.12 Å². The number of hydrogen-bond acceptors (Lipinski definition) is 4. The molecule has 2 saturated heterocycles. The lowest BCUT2D eigenvalue weighted by Gasteiger charge is -2.32. The third kappa shape index (κ3) is 5.44. The molecule has 2 heterocycles. The van der Waals surface area contributed by atoms with E-state index in [1.165, 1.54) is 4.90 Å². The zero-order valence-electron chi connectivity index (χ0n) is 20.3. The first-order chi connectivity index (χ1) is 16.0. The quantitative estimate of drug-likeness (QED) is 0.588. The van der Waals surface area contributed by atoms with E-state index in [0.717, 1.165) is 11.0 Å². The SMILES string of the molecule is CC1(C)OB(c2ccc(OCc3ccccc3)c(CC(=O)N3CCC(F)(F)CC3)c2)OC1(C)C. The summed E-state index contributed by atoms with van der Waals surface area (Å²) in [5.41, 5.74) is 1.50. The van der Waals surface area contributed by atoms with Crippen LogP contribution in [0.25, 0.3) is 0 Å². The minimum absolute atomic E-state index is 0.0585. The van der Waals surface area contributed by atoms with Gasteiger partial charge in [0.25, 0.3) is 5.92 Å². The van der Waals surface area contributed by atoms with Crippen LogP contribution in [0, 0.1) is 0 Å². The van der Waals surface area contributed by atoms with E-state index in [2.05, 4.69) is 0 Å². The Hall–Kier alpha value is -2.45. The molecule has 182 valence electrons. The summed E-state index contributed by atoms with van der Waals surface area (Å²) in [6, 6.07) is 15.4. The molecule has 1 amide bonds. The predicted octanol–water partition coefficient (Wildman–Crippen LogP) is 4.37. The Morgan fingerprint density at radius 1 is 1.00 bits per heavy atom. The van der Waals surface area contributed by atoms with Gasteiger partial charge in [0.1, 0.15) is 12.4 Å². The third-order valence-corrected chi connectivity index (χ3v) is 7.04. The van der Waals surface area contributed by atoms with Crippen LogP contribution in [0.1, 0.15) is 51.7 Å². The van der Waals surface area contributed by atoms with E-state index in [1.54, 1.807) is 0 Å². The molecule has 0 saturated carbocycles. The van der Waals surface area contributed by atoms with Gasteiger partial charge in [0.15, 0.2) is 0 Å². The normalized spacial score (nSPS) is 20.9. The number of alkyl halides is 2. The van der Waals surface area contributed by atoms with Gasteiger partial charge in [-0.15, -0.1) is 0 Å². The molecule has 0 N–H and O–H groups in total. The highest BCUT2D eigenvalue weighted by atomic mass is 19.3. The second kappa shape index (κ2) is 9.31. The monoisotopic (exact) mass is 471 g/mol. The van der Waals surface area contributed by atoms with Crippen LogP contribution < -0.4 is 10.2 Å². The van der Waals surface area contributed by atoms with Gasteiger partial charge in [0.05, 0.1) is 17.6 Å². The van der Waals surface area contributed by atoms with Gasteiger partial charge in [-0.3, -0.25) is 4.79 Å². The minimum atomic E-state index is -2.70. The topological polar surface area (TPSA) is 48.0 Å². The van der Waals surface area contributed by atoms with Gasteiger partial charge in [-0.25, -0.2) is 8.78 Å². The Kier molecular flexibility index (Phi) is 6.75. The lowest BCUT2D eigenvalue weighted by Crippen LogP contribution is -2.43. The molecular formula is C26H32BF2NO4. The summed E-state index contributed by atoms with van der Waals surface area (Å²) in [7, 11) is -0.573. The predicted molar refractivity (Wildman–Crippen MR) is 127 cm³/mol. The van der Waals surface area contributed by atoms with Crippen molar-refractivity contribution >= 4 is 18.5 Å². The molecular weight excluding hydrogens is 439 g/mol. The summed E-state index contributed by atoms with van der Waals surface area (Å²) in [5.74, 6) is -2.30. The van der Waals surface area contributed by atoms with Crippen LogP contribution in [0.15, 0.2) is 48.5 Å². The van der Waals surface area contributed by atoms with Crippen molar-refractivity contribution in [1.29, 1.82) is 0 Å². The summed E-state index contributed by atoms with van der Waals surface area (Å²) in [6.45, 7) is 8.42. The number of carbonyl (C=O) groups excluding carboxylic acids is 1. The molecule has 0 unspecified atom stereocenters. The van der Waals surface area contributed by atoms with Gasteiger partial charge in [0.2, 0.25) is 5.91 Å². The summed E-state index contributed by atoms with van der Waals surface area (Å²) in [6.07, 6.45) is -0.544. The van der Waals surface area contributed by atoms with E-state index >= 15 is 0 Å². The molecule has 8 heteroatoms. The van der Waals surface area contributed by atoms with Gasteiger partial charge in [-0.1, -0.05) is 42.5 Å². The van der Waals surface area contributed by atoms with Crippen molar-refractivity contribution in [3.63, 3.8) is 0 Å². The molecule has 0 aromatic heterocycles. The van der Waals surface area contributed by atoms with Crippen molar-refractivity contribution in [3.8, 4) is 5.75 Å². The molecule has 0 atom stereocenters. The zero-order chi connectivity index (χ0) is 24.6. The number of rotatable bonds is 6. The first-order valence-electron chi connectivity index (χ1n) is 11.8. The largest absolute Gasteiger partial charge is 0.494 e. The summed E-state index contributed by atoms with van der Waals surface area (Å²) >= 11 is 0. The zero-order valence-corrected chi connectivity index (χ0v) is 20.3. The number of nitrogens with zero attached hydrogens (tertiary/aromatic N) is 1. The molecule has 2 aromatic rings. The summed E-state index contributed by atoms with van der Waals surface area (Å²) in [4.78, 5) is 14.5. The standard InChI is InChI=1S/C26H32BF2NO4/c1-24(2)25(3,4)34-27(33-24)21-10-11-22(32-18-19-8-6-5-7-9-19)20(16-21)17-23(31)30-14-12-26(28,29)13-15-30/h5-11,16H,12-15,17-18H2,1-4H3. The number of amides is 1. The van der Waals surface area contributed by atoms with Gasteiger partial charge in [-0.2, -0.15) is 0 Å². The Labute approximate surface area is 200 Å². The fraction of sp³-hybridized carbons (Fsp3) is 0.500. The van der Waals surface area contributed by atoms with E-state index in [1.807, 2.05) is 76.2 Å². The van der Waals surface area contributed by atoms with Crippen molar-refractivity contribution in [2.24, 2.45) is 0 Å². The lowest BCUT2D eigenvalue weighted by atomic mass is 9.78. The van der Waals surface area contributed by atoms with Gasteiger partial charge in [-0.05, 0) is 44.8 Å². The molecule has 5 nitrogen and oxygen atoms in total. The molecule has 2 aliphatic heterocycles. The van der Waals surface area contributed by atoms with Gasteiger partial charge in [0, 0.05) is 31.5 Å². The molecule has 0 aliphatic carbocycles. The molecule has 2 aliphatic rings. The van der Waals surface area contributed by atoms with Crippen LogP contribution in [0.2, 0.25) is 0 Å². The highest BCUT2D eigenvalue weighted by molar-refractivity contribution is 6.62. The summed E-state index contributed by atoms with van der Waals surface area (Å²) in [5, 5.41) is 0. The maximum atomic E-state index is 13.6. The lowest BCUT2D eigenvalue weighted by molar-refractivity contribution is -0.136. The van der Waals surface area contributed by atoms with Gasteiger partial charge < -0.3 is 18.9 Å². The van der Waals surface area contributed by atoms with Crippen molar-refractivity contribution in [1.82, 2.24) is 4.90 Å². The van der Waals surface area contributed by atoms with E-state index in [4.69, 9.17) is 14.0 Å². The fourth-order valence-corrected chi connectivity index (χ4v) is 4.10. The van der Waals surface area contributed by atoms with Crippen LogP contribution in [0.5, 0.6) is 5.75 Å². The number of ether oxygens (including phenoxy) is 1. The van der Waals surface area contributed by atoms with Crippen molar-refractivity contribution in [2.75, 3.05) is 13.1 Å². The third-order valence-electron chi connectivity index (χ3n) is 7.04. The smallest absolute Gasteiger partial charge is 0.489 e. The molecule has 0 bridgehead atoms. The fourth-order valence-electron chi connectivity index (χ4n) is 4.10. The molecule has 2 aromatic carbocycles. The van der Waals surface area contributed by atoms with Crippen LogP contribution in [-0.2, 0) is 27.1 Å². The summed E-state index contributed by atoms with van der Waals surface area (Å²) < 4.78 is 45.5. The average Bonchev–Trinajstić information content (AvgIpc) is 3.00. The Morgan fingerprint density at radius 2 is 1.62 bits per heavy atom. The number of benzene rings is 2. The van der Waals surface area contributed by atoms with Crippen LogP contribution in [0.4, 0.5) is 8.78 Å². The van der Waals surface area contributed by atoms with E-state index in [9.17, 15) is 13.6 Å².